The first-order valence-electron chi connectivity index (χ1n) is 11.7. The minimum Gasteiger partial charge on any atom is -0.422 e. The third kappa shape index (κ3) is 6.48. The Morgan fingerprint density at radius 3 is 2.39 bits per heavy atom. The molecular weight excluding hydrogens is 740 g/mol. The smallest absolute Gasteiger partial charge is 0.345 e. The molecule has 0 saturated heterocycles. The number of carbonyl (C=O) groups is 2. The van der Waals surface area contributed by atoms with Crippen molar-refractivity contribution in [3.05, 3.63) is 119 Å². The van der Waals surface area contributed by atoms with Gasteiger partial charge in [0, 0.05) is 41.1 Å². The number of halogens is 6. The number of nitrogens with one attached hydrogen (secondary N) is 2. The summed E-state index contributed by atoms with van der Waals surface area (Å²) in [6, 6.07) is 20.2. The van der Waals surface area contributed by atoms with E-state index in [1.54, 1.807) is 36.4 Å². The molecule has 0 unspecified atom stereocenters. The SMILES string of the molecule is O=C(Oc1ccc(Br)cc1C=NNC(=O)c1[nH]c2c(Cl)cc(Br)cc2c1-c1ccccc1Cl)c1ccc(Cl)cc1Cl. The summed E-state index contributed by atoms with van der Waals surface area (Å²) in [6.45, 7) is 0. The number of nitrogens with zero attached hydrogens (tertiary/aromatic N) is 1. The van der Waals surface area contributed by atoms with E-state index in [4.69, 9.17) is 51.1 Å². The zero-order valence-corrected chi connectivity index (χ0v) is 26.6. The lowest BCUT2D eigenvalue weighted by Crippen LogP contribution is -2.19. The fraction of sp³-hybridized carbons (Fsp3) is 0. The van der Waals surface area contributed by atoms with Gasteiger partial charge in [-0.05, 0) is 54.6 Å². The van der Waals surface area contributed by atoms with Crippen LogP contribution in [0.2, 0.25) is 20.1 Å². The molecule has 206 valence electrons. The number of hydrogen-bond acceptors (Lipinski definition) is 4. The highest BCUT2D eigenvalue weighted by atomic mass is 79.9. The predicted molar refractivity (Wildman–Crippen MR) is 172 cm³/mol. The Labute approximate surface area is 270 Å². The standard InChI is InChI=1S/C29H15Br2Cl4N3O3/c30-15-5-8-24(41-29(40)19-7-6-17(32)12-22(19)34)14(9-15)13-36-38-28(39)27-25(18-3-1-2-4-21(18)33)20-10-16(31)11-23(35)26(20)37-27/h1-13,37H,(H,38,39). The third-order valence-electron chi connectivity index (χ3n) is 5.89. The van der Waals surface area contributed by atoms with Gasteiger partial charge in [0.15, 0.2) is 0 Å². The molecule has 0 spiro atoms. The lowest BCUT2D eigenvalue weighted by molar-refractivity contribution is 0.0734. The quantitative estimate of drug-likeness (QED) is 0.0784. The summed E-state index contributed by atoms with van der Waals surface area (Å²) in [4.78, 5) is 29.3. The topological polar surface area (TPSA) is 83.5 Å². The van der Waals surface area contributed by atoms with Crippen molar-refractivity contribution in [1.82, 2.24) is 10.4 Å². The van der Waals surface area contributed by atoms with E-state index < -0.39 is 11.9 Å². The van der Waals surface area contributed by atoms with Crippen molar-refractivity contribution < 1.29 is 14.3 Å². The number of rotatable bonds is 6. The van der Waals surface area contributed by atoms with Crippen molar-refractivity contribution in [2.45, 2.75) is 0 Å². The van der Waals surface area contributed by atoms with Crippen LogP contribution in [0, 0.1) is 0 Å². The Morgan fingerprint density at radius 2 is 1.63 bits per heavy atom. The molecule has 0 saturated carbocycles. The molecule has 1 aromatic heterocycles. The monoisotopic (exact) mass is 751 g/mol. The summed E-state index contributed by atoms with van der Waals surface area (Å²) < 4.78 is 7.01. The van der Waals surface area contributed by atoms with Crippen molar-refractivity contribution in [3.63, 3.8) is 0 Å². The van der Waals surface area contributed by atoms with Crippen LogP contribution >= 0.6 is 78.3 Å². The summed E-state index contributed by atoms with van der Waals surface area (Å²) in [7, 11) is 0. The van der Waals surface area contributed by atoms with Gasteiger partial charge in [0.05, 0.1) is 27.3 Å². The predicted octanol–water partition coefficient (Wildman–Crippen LogP) is 9.96. The number of H-pyrrole nitrogens is 1. The molecule has 41 heavy (non-hydrogen) atoms. The van der Waals surface area contributed by atoms with E-state index >= 15 is 0 Å². The summed E-state index contributed by atoms with van der Waals surface area (Å²) in [5.41, 5.74) is 5.08. The van der Waals surface area contributed by atoms with E-state index in [0.29, 0.717) is 47.1 Å². The second kappa shape index (κ2) is 12.6. The molecule has 0 atom stereocenters. The second-order valence-corrected chi connectivity index (χ2v) is 12.0. The summed E-state index contributed by atoms with van der Waals surface area (Å²) >= 11 is 31.9. The van der Waals surface area contributed by atoms with Crippen LogP contribution in [-0.2, 0) is 0 Å². The minimum absolute atomic E-state index is 0.145. The van der Waals surface area contributed by atoms with Gasteiger partial charge in [-0.15, -0.1) is 0 Å². The van der Waals surface area contributed by atoms with Crippen LogP contribution in [-0.4, -0.2) is 23.1 Å². The van der Waals surface area contributed by atoms with Crippen LogP contribution in [0.4, 0.5) is 0 Å². The maximum atomic E-state index is 13.4. The molecule has 2 N–H and O–H groups in total. The van der Waals surface area contributed by atoms with E-state index in [-0.39, 0.29) is 22.0 Å². The largest absolute Gasteiger partial charge is 0.422 e. The normalized spacial score (nSPS) is 11.3. The fourth-order valence-electron chi connectivity index (χ4n) is 4.07. The third-order valence-corrected chi connectivity index (χ3v) is 8.02. The van der Waals surface area contributed by atoms with Gasteiger partial charge in [0.25, 0.3) is 5.91 Å². The van der Waals surface area contributed by atoms with Gasteiger partial charge in [-0.2, -0.15) is 5.10 Å². The first kappa shape index (κ1) is 29.6. The lowest BCUT2D eigenvalue weighted by Gasteiger charge is -2.09. The summed E-state index contributed by atoms with van der Waals surface area (Å²) in [5.74, 6) is -1.03. The average Bonchev–Trinajstić information content (AvgIpc) is 3.30. The first-order chi connectivity index (χ1) is 19.6. The number of ether oxygens (including phenoxy) is 1. The summed E-state index contributed by atoms with van der Waals surface area (Å²) in [5, 5.41) is 6.25. The van der Waals surface area contributed by atoms with Crippen molar-refractivity contribution in [2.24, 2.45) is 5.10 Å². The molecule has 1 heterocycles. The number of carbonyl (C=O) groups excluding carboxylic acids is 2. The fourth-order valence-corrected chi connectivity index (χ4v) is 6.02. The Hall–Kier alpha value is -2.85. The van der Waals surface area contributed by atoms with Gasteiger partial charge in [0.2, 0.25) is 0 Å². The van der Waals surface area contributed by atoms with Crippen molar-refractivity contribution in [2.75, 3.05) is 0 Å². The van der Waals surface area contributed by atoms with Crippen molar-refractivity contribution in [1.29, 1.82) is 0 Å². The molecule has 0 aliphatic carbocycles. The van der Waals surface area contributed by atoms with Crippen LogP contribution in [0.5, 0.6) is 5.75 Å². The van der Waals surface area contributed by atoms with Crippen LogP contribution in [0.15, 0.2) is 86.8 Å². The molecule has 5 rings (SSSR count). The maximum Gasteiger partial charge on any atom is 0.345 e. The zero-order valence-electron chi connectivity index (χ0n) is 20.4. The Bertz CT molecular complexity index is 1870. The number of hydrogen-bond donors (Lipinski definition) is 2. The highest BCUT2D eigenvalue weighted by molar-refractivity contribution is 9.10. The van der Waals surface area contributed by atoms with Crippen LogP contribution < -0.4 is 10.2 Å². The lowest BCUT2D eigenvalue weighted by atomic mass is 10.0. The number of benzene rings is 4. The van der Waals surface area contributed by atoms with Gasteiger partial charge < -0.3 is 9.72 Å². The minimum atomic E-state index is -0.682. The van der Waals surface area contributed by atoms with Crippen molar-refractivity contribution in [3.8, 4) is 16.9 Å². The first-order valence-corrected chi connectivity index (χ1v) is 14.8. The number of amides is 1. The van der Waals surface area contributed by atoms with E-state index in [9.17, 15) is 9.59 Å². The molecule has 0 bridgehead atoms. The highest BCUT2D eigenvalue weighted by Gasteiger charge is 2.22. The van der Waals surface area contributed by atoms with Crippen LogP contribution in [0.25, 0.3) is 22.0 Å². The highest BCUT2D eigenvalue weighted by Crippen LogP contribution is 2.40. The van der Waals surface area contributed by atoms with Gasteiger partial charge >= 0.3 is 5.97 Å². The molecule has 0 aliphatic rings. The zero-order chi connectivity index (χ0) is 29.3. The summed E-state index contributed by atoms with van der Waals surface area (Å²) in [6.07, 6.45) is 1.36. The molecule has 4 aromatic carbocycles. The maximum absolute atomic E-state index is 13.4. The molecule has 6 nitrogen and oxygen atoms in total. The van der Waals surface area contributed by atoms with Crippen LogP contribution in [0.1, 0.15) is 26.4 Å². The van der Waals surface area contributed by atoms with E-state index in [1.165, 1.54) is 24.4 Å². The number of fused-ring (bicyclic) bond motifs is 1. The van der Waals surface area contributed by atoms with Gasteiger partial charge in [-0.25, -0.2) is 10.2 Å². The van der Waals surface area contributed by atoms with E-state index in [0.717, 1.165) is 4.47 Å². The molecular formula is C29H15Br2Cl4N3O3. The molecule has 5 aromatic rings. The van der Waals surface area contributed by atoms with Gasteiger partial charge in [0.1, 0.15) is 11.4 Å². The van der Waals surface area contributed by atoms with Crippen molar-refractivity contribution >= 4 is 107 Å². The Balaban J connectivity index is 1.45. The Kier molecular flexibility index (Phi) is 9.09. The molecule has 12 heteroatoms. The second-order valence-electron chi connectivity index (χ2n) is 8.56. The molecule has 0 fully saturated rings. The number of hydrazone groups is 1. The number of aromatic nitrogens is 1. The van der Waals surface area contributed by atoms with Gasteiger partial charge in [-0.3, -0.25) is 4.79 Å². The van der Waals surface area contributed by atoms with E-state index in [2.05, 4.69) is 47.4 Å². The molecule has 1 amide bonds. The molecule has 0 aliphatic heterocycles. The molecule has 0 radical (unpaired) electrons. The van der Waals surface area contributed by atoms with Gasteiger partial charge in [-0.1, -0.05) is 96.5 Å². The average molecular weight is 755 g/mol. The number of aromatic amines is 1. The van der Waals surface area contributed by atoms with E-state index in [1.807, 2.05) is 18.2 Å². The number of esters is 1. The Morgan fingerprint density at radius 1 is 0.854 bits per heavy atom. The van der Waals surface area contributed by atoms with Crippen LogP contribution in [0.3, 0.4) is 0 Å².